The molecule has 0 amide bonds. The van der Waals surface area contributed by atoms with Gasteiger partial charge in [-0.3, -0.25) is 4.79 Å². The van der Waals surface area contributed by atoms with Crippen LogP contribution in [0.2, 0.25) is 0 Å². The molecular formula is C4H5ClF2O2. The van der Waals surface area contributed by atoms with Crippen molar-refractivity contribution >= 4 is 17.8 Å². The molecule has 0 aromatic carbocycles. The third-order valence-electron chi connectivity index (χ3n) is 0.653. The highest BCUT2D eigenvalue weighted by atomic mass is 35.5. The summed E-state index contributed by atoms with van der Waals surface area (Å²) in [5.41, 5.74) is 0. The highest BCUT2D eigenvalue weighted by molar-refractivity contribution is 6.13. The normalized spacial score (nSPS) is 9.78. The van der Waals surface area contributed by atoms with Gasteiger partial charge in [0.25, 0.3) is 0 Å². The van der Waals surface area contributed by atoms with E-state index in [4.69, 9.17) is 0 Å². The van der Waals surface area contributed by atoms with E-state index in [2.05, 4.69) is 16.2 Å². The number of hydrogen-bond acceptors (Lipinski definition) is 2. The van der Waals surface area contributed by atoms with Gasteiger partial charge < -0.3 is 4.29 Å². The number of halogens is 3. The molecule has 0 saturated carbocycles. The lowest BCUT2D eigenvalue weighted by Crippen LogP contribution is -2.00. The SMILES string of the molecule is O=C(CCC(F)F)OCl. The molecule has 5 heteroatoms. The van der Waals surface area contributed by atoms with Gasteiger partial charge in [-0.15, -0.1) is 0 Å². The van der Waals surface area contributed by atoms with E-state index in [0.29, 0.717) is 0 Å². The van der Waals surface area contributed by atoms with Crippen LogP contribution < -0.4 is 0 Å². The first-order valence-electron chi connectivity index (χ1n) is 2.26. The van der Waals surface area contributed by atoms with E-state index in [9.17, 15) is 13.6 Å². The van der Waals surface area contributed by atoms with Gasteiger partial charge in [0, 0.05) is 6.42 Å². The third kappa shape index (κ3) is 5.49. The first-order chi connectivity index (χ1) is 4.16. The third-order valence-corrected chi connectivity index (χ3v) is 0.825. The van der Waals surface area contributed by atoms with Crippen molar-refractivity contribution in [1.82, 2.24) is 0 Å². The minimum absolute atomic E-state index is 0.332. The molecule has 0 rings (SSSR count). The molecule has 0 saturated heterocycles. The standard InChI is InChI=1S/C4H5ClF2O2/c5-9-4(8)2-1-3(6)7/h3H,1-2H2. The summed E-state index contributed by atoms with van der Waals surface area (Å²) in [6, 6.07) is 0. The molecule has 0 bridgehead atoms. The van der Waals surface area contributed by atoms with Crippen molar-refractivity contribution in [3.63, 3.8) is 0 Å². The number of alkyl halides is 2. The van der Waals surface area contributed by atoms with E-state index in [0.717, 1.165) is 0 Å². The Kier molecular flexibility index (Phi) is 4.30. The van der Waals surface area contributed by atoms with Crippen molar-refractivity contribution in [1.29, 1.82) is 0 Å². The molecule has 0 fully saturated rings. The number of hydrogen-bond donors (Lipinski definition) is 0. The fourth-order valence-electron chi connectivity index (χ4n) is 0.266. The van der Waals surface area contributed by atoms with E-state index in [1.165, 1.54) is 0 Å². The summed E-state index contributed by atoms with van der Waals surface area (Å²) in [6.07, 6.45) is -3.30. The molecule has 0 unspecified atom stereocenters. The summed E-state index contributed by atoms with van der Waals surface area (Å²) >= 11 is 4.54. The van der Waals surface area contributed by atoms with Gasteiger partial charge in [0.1, 0.15) is 11.9 Å². The van der Waals surface area contributed by atoms with Gasteiger partial charge >= 0.3 is 5.97 Å². The second-order valence-electron chi connectivity index (χ2n) is 1.38. The number of rotatable bonds is 3. The molecule has 0 spiro atoms. The van der Waals surface area contributed by atoms with Gasteiger partial charge in [-0.1, -0.05) is 0 Å². The zero-order valence-corrected chi connectivity index (χ0v) is 5.20. The van der Waals surface area contributed by atoms with Crippen LogP contribution in [0.1, 0.15) is 12.8 Å². The van der Waals surface area contributed by atoms with Crippen LogP contribution in [-0.2, 0) is 9.08 Å². The van der Waals surface area contributed by atoms with Crippen LogP contribution in [0, 0.1) is 0 Å². The van der Waals surface area contributed by atoms with Crippen LogP contribution >= 0.6 is 11.9 Å². The Morgan fingerprint density at radius 1 is 1.67 bits per heavy atom. The Balaban J connectivity index is 3.17. The predicted octanol–water partition coefficient (Wildman–Crippen LogP) is 1.73. The Morgan fingerprint density at radius 3 is 2.56 bits per heavy atom. The molecule has 0 radical (unpaired) electrons. The Hall–Kier alpha value is -0.380. The summed E-state index contributed by atoms with van der Waals surface area (Å²) in [4.78, 5) is 10.0. The maximum Gasteiger partial charge on any atom is 0.324 e. The van der Waals surface area contributed by atoms with Crippen LogP contribution in [0.5, 0.6) is 0 Å². The van der Waals surface area contributed by atoms with Crippen molar-refractivity contribution in [3.05, 3.63) is 0 Å². The number of carbonyl (C=O) groups is 1. The smallest absolute Gasteiger partial charge is 0.324 e. The van der Waals surface area contributed by atoms with Crippen LogP contribution in [-0.4, -0.2) is 12.4 Å². The van der Waals surface area contributed by atoms with Crippen molar-refractivity contribution in [2.45, 2.75) is 19.3 Å². The molecule has 0 heterocycles. The van der Waals surface area contributed by atoms with Gasteiger partial charge in [-0.2, -0.15) is 0 Å². The fraction of sp³-hybridized carbons (Fsp3) is 0.750. The van der Waals surface area contributed by atoms with Gasteiger partial charge in [-0.05, 0) is 0 Å². The van der Waals surface area contributed by atoms with Crippen LogP contribution in [0.15, 0.2) is 0 Å². The van der Waals surface area contributed by atoms with E-state index in [1.807, 2.05) is 0 Å². The highest BCUT2D eigenvalue weighted by Gasteiger charge is 2.07. The lowest BCUT2D eigenvalue weighted by atomic mass is 10.3. The molecule has 0 aliphatic heterocycles. The molecule has 0 aromatic rings. The van der Waals surface area contributed by atoms with Gasteiger partial charge in [-0.25, -0.2) is 8.78 Å². The zero-order chi connectivity index (χ0) is 7.28. The summed E-state index contributed by atoms with van der Waals surface area (Å²) in [7, 11) is 0. The maximum absolute atomic E-state index is 11.3. The summed E-state index contributed by atoms with van der Waals surface area (Å²) in [6.45, 7) is 0. The molecular weight excluding hydrogens is 153 g/mol. The van der Waals surface area contributed by atoms with Crippen LogP contribution in [0.4, 0.5) is 8.78 Å². The maximum atomic E-state index is 11.3. The minimum Gasteiger partial charge on any atom is -0.348 e. The van der Waals surface area contributed by atoms with Gasteiger partial charge in [0.15, 0.2) is 0 Å². The van der Waals surface area contributed by atoms with E-state index >= 15 is 0 Å². The molecule has 0 aliphatic carbocycles. The Labute approximate surface area is 55.9 Å². The molecule has 0 N–H and O–H groups in total. The lowest BCUT2D eigenvalue weighted by molar-refractivity contribution is -0.134. The highest BCUT2D eigenvalue weighted by Crippen LogP contribution is 2.03. The average Bonchev–Trinajstić information content (AvgIpc) is 1.83. The second-order valence-corrected chi connectivity index (χ2v) is 1.53. The molecule has 54 valence electrons. The van der Waals surface area contributed by atoms with Gasteiger partial charge in [0.05, 0.1) is 6.42 Å². The first-order valence-corrected chi connectivity index (χ1v) is 2.57. The molecule has 0 aliphatic rings. The van der Waals surface area contributed by atoms with Crippen molar-refractivity contribution in [2.75, 3.05) is 0 Å². The molecule has 2 nitrogen and oxygen atoms in total. The predicted molar refractivity (Wildman–Crippen MR) is 27.2 cm³/mol. The Morgan fingerprint density at radius 2 is 2.22 bits per heavy atom. The fourth-order valence-corrected chi connectivity index (χ4v) is 0.343. The van der Waals surface area contributed by atoms with E-state index < -0.39 is 18.8 Å². The topological polar surface area (TPSA) is 26.3 Å². The summed E-state index contributed by atoms with van der Waals surface area (Å²) in [5.74, 6) is -0.822. The van der Waals surface area contributed by atoms with Crippen LogP contribution in [0.25, 0.3) is 0 Å². The van der Waals surface area contributed by atoms with E-state index in [1.54, 1.807) is 0 Å². The lowest BCUT2D eigenvalue weighted by Gasteiger charge is -1.93. The zero-order valence-electron chi connectivity index (χ0n) is 4.44. The summed E-state index contributed by atoms with van der Waals surface area (Å²) < 4.78 is 26.2. The quantitative estimate of drug-likeness (QED) is 0.625. The second kappa shape index (κ2) is 4.49. The summed E-state index contributed by atoms with van der Waals surface area (Å²) in [5, 5.41) is 0. The largest absolute Gasteiger partial charge is 0.348 e. The Bertz CT molecular complexity index is 96.6. The van der Waals surface area contributed by atoms with Crippen molar-refractivity contribution in [3.8, 4) is 0 Å². The number of carbonyl (C=O) groups excluding carboxylic acids is 1. The molecule has 9 heavy (non-hydrogen) atoms. The average molecular weight is 159 g/mol. The molecule has 0 aromatic heterocycles. The van der Waals surface area contributed by atoms with Gasteiger partial charge in [0.2, 0.25) is 6.43 Å². The monoisotopic (exact) mass is 158 g/mol. The van der Waals surface area contributed by atoms with Crippen LogP contribution in [0.3, 0.4) is 0 Å². The minimum atomic E-state index is -2.47. The molecule has 0 atom stereocenters. The van der Waals surface area contributed by atoms with Crippen molar-refractivity contribution in [2.24, 2.45) is 0 Å². The van der Waals surface area contributed by atoms with Crippen molar-refractivity contribution < 1.29 is 17.9 Å². The first kappa shape index (κ1) is 8.62. The van der Waals surface area contributed by atoms with E-state index in [-0.39, 0.29) is 6.42 Å².